The molecule has 0 bridgehead atoms. The Morgan fingerprint density at radius 1 is 1.08 bits per heavy atom. The summed E-state index contributed by atoms with van der Waals surface area (Å²) in [7, 11) is 0. The Morgan fingerprint density at radius 2 is 1.88 bits per heavy atom. The molecule has 5 nitrogen and oxygen atoms in total. The molecule has 1 saturated carbocycles. The zero-order chi connectivity index (χ0) is 17.9. The number of aromatic nitrogens is 2. The van der Waals surface area contributed by atoms with Crippen LogP contribution in [0.2, 0.25) is 0 Å². The molecule has 1 fully saturated rings. The average Bonchev–Trinajstić information content (AvgIpc) is 3.14. The first-order chi connectivity index (χ1) is 12.7. The molecule has 2 aliphatic rings. The van der Waals surface area contributed by atoms with Gasteiger partial charge in [-0.05, 0) is 67.3 Å². The first-order valence-corrected chi connectivity index (χ1v) is 9.73. The highest BCUT2D eigenvalue weighted by atomic mass is 16.2. The van der Waals surface area contributed by atoms with Crippen molar-refractivity contribution in [2.45, 2.75) is 51.4 Å². The first-order valence-electron chi connectivity index (χ1n) is 9.73. The van der Waals surface area contributed by atoms with Gasteiger partial charge in [-0.25, -0.2) is 4.98 Å². The second-order valence-corrected chi connectivity index (χ2v) is 7.53. The molecule has 1 aromatic carbocycles. The summed E-state index contributed by atoms with van der Waals surface area (Å²) >= 11 is 0. The summed E-state index contributed by atoms with van der Waals surface area (Å²) in [5, 5.41) is 0. The minimum Gasteiger partial charge on any atom is -0.368 e. The highest BCUT2D eigenvalue weighted by Crippen LogP contribution is 2.28. The molecule has 0 aliphatic heterocycles. The maximum absolute atomic E-state index is 13.4. The maximum Gasteiger partial charge on any atom is 0.259 e. The number of rotatable bonds is 4. The van der Waals surface area contributed by atoms with E-state index in [1.807, 2.05) is 11.0 Å². The summed E-state index contributed by atoms with van der Waals surface area (Å²) in [5.41, 5.74) is 9.23. The van der Waals surface area contributed by atoms with E-state index < -0.39 is 0 Å². The zero-order valence-corrected chi connectivity index (χ0v) is 15.2. The predicted molar refractivity (Wildman–Crippen MR) is 103 cm³/mol. The van der Waals surface area contributed by atoms with E-state index in [0.717, 1.165) is 18.4 Å². The minimum atomic E-state index is 0.0170. The van der Waals surface area contributed by atoms with Crippen molar-refractivity contribution in [1.29, 1.82) is 0 Å². The lowest BCUT2D eigenvalue weighted by atomic mass is 9.89. The van der Waals surface area contributed by atoms with E-state index in [9.17, 15) is 4.79 Å². The van der Waals surface area contributed by atoms with E-state index in [-0.39, 0.29) is 11.9 Å². The number of aryl methyl sites for hydroxylation is 2. The zero-order valence-electron chi connectivity index (χ0n) is 15.2. The van der Waals surface area contributed by atoms with Crippen molar-refractivity contribution in [2.24, 2.45) is 5.92 Å². The second-order valence-electron chi connectivity index (χ2n) is 7.53. The number of carbonyl (C=O) groups is 1. The molecule has 26 heavy (non-hydrogen) atoms. The predicted octanol–water partition coefficient (Wildman–Crippen LogP) is 3.77. The summed E-state index contributed by atoms with van der Waals surface area (Å²) in [5.74, 6) is 1.35. The first kappa shape index (κ1) is 17.0. The molecule has 0 unspecified atom stereocenters. The number of carbonyl (C=O) groups excluding carboxylic acids is 1. The van der Waals surface area contributed by atoms with Crippen molar-refractivity contribution in [2.75, 3.05) is 17.2 Å². The molecule has 0 atom stereocenters. The molecule has 5 heteroatoms. The number of nitrogens with two attached hydrogens (primary N) is 1. The van der Waals surface area contributed by atoms with Crippen LogP contribution in [-0.4, -0.2) is 22.4 Å². The average molecular weight is 350 g/mol. The van der Waals surface area contributed by atoms with Crippen molar-refractivity contribution >= 4 is 17.7 Å². The van der Waals surface area contributed by atoms with Crippen LogP contribution in [0.15, 0.2) is 30.5 Å². The van der Waals surface area contributed by atoms with E-state index in [1.165, 1.54) is 49.7 Å². The Morgan fingerprint density at radius 3 is 2.69 bits per heavy atom. The molecule has 1 heterocycles. The van der Waals surface area contributed by atoms with E-state index >= 15 is 0 Å². The highest BCUT2D eigenvalue weighted by Gasteiger charge is 2.25. The SMILES string of the molecule is Nc1nccc(N(CC2CCCCC2)C(=O)c2ccc3c(c2)CCC3)n1. The van der Waals surface area contributed by atoms with E-state index in [4.69, 9.17) is 5.73 Å². The number of nitrogens with zero attached hydrogens (tertiary/aromatic N) is 3. The molecule has 0 radical (unpaired) electrons. The van der Waals surface area contributed by atoms with Crippen LogP contribution < -0.4 is 10.6 Å². The third-order valence-electron chi connectivity index (χ3n) is 5.69. The van der Waals surface area contributed by atoms with Crippen LogP contribution in [0.5, 0.6) is 0 Å². The Labute approximate surface area is 154 Å². The Kier molecular flexibility index (Phi) is 4.87. The Hall–Kier alpha value is -2.43. The van der Waals surface area contributed by atoms with Gasteiger partial charge in [0.2, 0.25) is 5.95 Å². The van der Waals surface area contributed by atoms with Gasteiger partial charge in [0, 0.05) is 18.3 Å². The summed E-state index contributed by atoms with van der Waals surface area (Å²) in [6, 6.07) is 7.93. The van der Waals surface area contributed by atoms with Crippen LogP contribution in [0, 0.1) is 5.92 Å². The second kappa shape index (κ2) is 7.44. The van der Waals surface area contributed by atoms with Crippen molar-refractivity contribution in [3.05, 3.63) is 47.2 Å². The fourth-order valence-corrected chi connectivity index (χ4v) is 4.28. The van der Waals surface area contributed by atoms with Gasteiger partial charge in [0.25, 0.3) is 5.91 Å². The van der Waals surface area contributed by atoms with Crippen LogP contribution in [0.1, 0.15) is 60.0 Å². The fraction of sp³-hybridized carbons (Fsp3) is 0.476. The van der Waals surface area contributed by atoms with Gasteiger partial charge in [-0.2, -0.15) is 4.98 Å². The van der Waals surface area contributed by atoms with E-state index in [2.05, 4.69) is 22.1 Å². The van der Waals surface area contributed by atoms with Gasteiger partial charge in [0.1, 0.15) is 5.82 Å². The number of anilines is 2. The molecule has 1 aromatic heterocycles. The quantitative estimate of drug-likeness (QED) is 0.911. The number of hydrogen-bond acceptors (Lipinski definition) is 4. The lowest BCUT2D eigenvalue weighted by Crippen LogP contribution is -2.37. The third-order valence-corrected chi connectivity index (χ3v) is 5.69. The van der Waals surface area contributed by atoms with Crippen molar-refractivity contribution in [3.63, 3.8) is 0 Å². The van der Waals surface area contributed by atoms with Crippen molar-refractivity contribution in [1.82, 2.24) is 9.97 Å². The van der Waals surface area contributed by atoms with E-state index in [1.54, 1.807) is 12.3 Å². The standard InChI is InChI=1S/C21H26N4O/c22-21-23-12-11-19(24-21)25(14-15-5-2-1-3-6-15)20(26)18-10-9-16-7-4-8-17(16)13-18/h9-13,15H,1-8,14H2,(H2,22,23,24). The largest absolute Gasteiger partial charge is 0.368 e. The molecule has 0 spiro atoms. The lowest BCUT2D eigenvalue weighted by molar-refractivity contribution is 0.0979. The lowest BCUT2D eigenvalue weighted by Gasteiger charge is -2.29. The molecular weight excluding hydrogens is 324 g/mol. The number of benzene rings is 1. The van der Waals surface area contributed by atoms with Crippen LogP contribution >= 0.6 is 0 Å². The van der Waals surface area contributed by atoms with Crippen molar-refractivity contribution in [3.8, 4) is 0 Å². The molecule has 1 amide bonds. The van der Waals surface area contributed by atoms with Crippen molar-refractivity contribution < 1.29 is 4.79 Å². The molecule has 2 N–H and O–H groups in total. The van der Waals surface area contributed by atoms with Crippen LogP contribution in [-0.2, 0) is 12.8 Å². The smallest absolute Gasteiger partial charge is 0.259 e. The van der Waals surface area contributed by atoms with Crippen LogP contribution in [0.25, 0.3) is 0 Å². The van der Waals surface area contributed by atoms with Gasteiger partial charge in [-0.3, -0.25) is 9.69 Å². The molecule has 0 saturated heterocycles. The minimum absolute atomic E-state index is 0.0170. The highest BCUT2D eigenvalue weighted by molar-refractivity contribution is 6.05. The van der Waals surface area contributed by atoms with Crippen LogP contribution in [0.4, 0.5) is 11.8 Å². The van der Waals surface area contributed by atoms with Gasteiger partial charge >= 0.3 is 0 Å². The van der Waals surface area contributed by atoms with Gasteiger partial charge in [-0.15, -0.1) is 0 Å². The Bertz CT molecular complexity index is 798. The number of hydrogen-bond donors (Lipinski definition) is 1. The topological polar surface area (TPSA) is 72.1 Å². The summed E-state index contributed by atoms with van der Waals surface area (Å²) in [6.45, 7) is 0.701. The summed E-state index contributed by atoms with van der Waals surface area (Å²) in [6.07, 6.45) is 11.1. The van der Waals surface area contributed by atoms with Gasteiger partial charge in [-0.1, -0.05) is 25.3 Å². The number of nitrogen functional groups attached to an aromatic ring is 1. The third kappa shape index (κ3) is 3.57. The Balaban J connectivity index is 1.63. The monoisotopic (exact) mass is 350 g/mol. The van der Waals surface area contributed by atoms with Gasteiger partial charge in [0.15, 0.2) is 0 Å². The van der Waals surface area contributed by atoms with Gasteiger partial charge in [0.05, 0.1) is 0 Å². The summed E-state index contributed by atoms with van der Waals surface area (Å²) < 4.78 is 0. The van der Waals surface area contributed by atoms with Crippen LogP contribution in [0.3, 0.4) is 0 Å². The molecule has 4 rings (SSSR count). The molecule has 136 valence electrons. The number of fused-ring (bicyclic) bond motifs is 1. The molecular formula is C21H26N4O. The molecule has 2 aliphatic carbocycles. The fourth-order valence-electron chi connectivity index (χ4n) is 4.28. The summed E-state index contributed by atoms with van der Waals surface area (Å²) in [4.78, 5) is 23.5. The van der Waals surface area contributed by atoms with Gasteiger partial charge < -0.3 is 5.73 Å². The molecule has 2 aromatic rings. The normalized spacial score (nSPS) is 17.1. The van der Waals surface area contributed by atoms with E-state index in [0.29, 0.717) is 18.3 Å². The maximum atomic E-state index is 13.4. The number of amides is 1.